The molecule has 26 heavy (non-hydrogen) atoms. The highest BCUT2D eigenvalue weighted by atomic mass is 16.2. The van der Waals surface area contributed by atoms with Crippen LogP contribution in [0, 0.1) is 0 Å². The first-order chi connectivity index (χ1) is 12.5. The Hall–Kier alpha value is -3.16. The molecule has 1 aliphatic heterocycles. The van der Waals surface area contributed by atoms with Crippen LogP contribution in [-0.2, 0) is 6.42 Å². The number of amides is 4. The van der Waals surface area contributed by atoms with Crippen molar-refractivity contribution >= 4 is 23.4 Å². The van der Waals surface area contributed by atoms with Gasteiger partial charge in [0.05, 0.1) is 5.69 Å². The van der Waals surface area contributed by atoms with Gasteiger partial charge in [-0.3, -0.25) is 14.9 Å². The van der Waals surface area contributed by atoms with Gasteiger partial charge in [0.15, 0.2) is 0 Å². The van der Waals surface area contributed by atoms with Gasteiger partial charge in [0.2, 0.25) is 0 Å². The van der Waals surface area contributed by atoms with Crippen LogP contribution in [0.2, 0.25) is 0 Å². The molecule has 1 aliphatic rings. The normalized spacial score (nSPS) is 15.1. The molecule has 1 atom stereocenters. The average molecular weight is 354 g/mol. The van der Waals surface area contributed by atoms with Gasteiger partial charge in [-0.1, -0.05) is 6.07 Å². The van der Waals surface area contributed by atoms with Crippen molar-refractivity contribution in [2.75, 3.05) is 30.4 Å². The number of urea groups is 2. The van der Waals surface area contributed by atoms with E-state index in [0.717, 1.165) is 11.4 Å². The molecule has 0 spiro atoms. The molecule has 3 rings (SSSR count). The van der Waals surface area contributed by atoms with Crippen molar-refractivity contribution in [2.24, 2.45) is 0 Å². The first kappa shape index (κ1) is 17.7. The molecule has 0 aliphatic carbocycles. The summed E-state index contributed by atoms with van der Waals surface area (Å²) in [6.45, 7) is 3.24. The summed E-state index contributed by atoms with van der Waals surface area (Å²) in [5.41, 5.74) is 2.22. The molecule has 1 aromatic carbocycles. The molecule has 1 fully saturated rings. The molecule has 2 aromatic rings. The quantitative estimate of drug-likeness (QED) is 0.860. The Balaban J connectivity index is 1.57. The van der Waals surface area contributed by atoms with Crippen LogP contribution in [0.3, 0.4) is 0 Å². The first-order valence-corrected chi connectivity index (χ1v) is 8.48. The smallest absolute Gasteiger partial charge is 0.324 e. The van der Waals surface area contributed by atoms with Crippen molar-refractivity contribution in [2.45, 2.75) is 19.4 Å². The molecule has 4 amide bonds. The van der Waals surface area contributed by atoms with Crippen molar-refractivity contribution in [3.05, 3.63) is 48.5 Å². The molecule has 1 aromatic heterocycles. The third-order valence-corrected chi connectivity index (χ3v) is 4.14. The fourth-order valence-corrected chi connectivity index (χ4v) is 2.83. The number of carbonyl (C=O) groups is 2. The highest BCUT2D eigenvalue weighted by Crippen LogP contribution is 2.23. The van der Waals surface area contributed by atoms with Crippen LogP contribution in [0.1, 0.15) is 12.6 Å². The molecule has 0 radical (unpaired) electrons. The molecule has 136 valence electrons. The van der Waals surface area contributed by atoms with Crippen LogP contribution in [0.5, 0.6) is 0 Å². The van der Waals surface area contributed by atoms with E-state index in [0.29, 0.717) is 25.2 Å². The maximum absolute atomic E-state index is 12.2. The lowest BCUT2D eigenvalue weighted by atomic mass is 10.2. The number of nitrogens with zero attached hydrogens (tertiary/aromatic N) is 4. The maximum atomic E-state index is 12.2. The summed E-state index contributed by atoms with van der Waals surface area (Å²) in [6.07, 6.45) is 5.52. The average Bonchev–Trinajstić information content (AvgIpc) is 2.95. The van der Waals surface area contributed by atoms with Gasteiger partial charge >= 0.3 is 12.1 Å². The van der Waals surface area contributed by atoms with Crippen LogP contribution in [0.25, 0.3) is 0 Å². The van der Waals surface area contributed by atoms with Gasteiger partial charge in [0.1, 0.15) is 0 Å². The summed E-state index contributed by atoms with van der Waals surface area (Å²) >= 11 is 0. The topological polar surface area (TPSA) is 90.5 Å². The zero-order valence-electron chi connectivity index (χ0n) is 14.8. The van der Waals surface area contributed by atoms with Crippen molar-refractivity contribution in [3.63, 3.8) is 0 Å². The first-order valence-electron chi connectivity index (χ1n) is 8.48. The van der Waals surface area contributed by atoms with Crippen LogP contribution in [0.15, 0.2) is 42.9 Å². The summed E-state index contributed by atoms with van der Waals surface area (Å²) in [5, 5.41) is 5.69. The summed E-state index contributed by atoms with van der Waals surface area (Å²) in [6, 6.07) is 6.83. The van der Waals surface area contributed by atoms with Crippen molar-refractivity contribution in [3.8, 4) is 0 Å². The predicted molar refractivity (Wildman–Crippen MR) is 99.2 cm³/mol. The SMILES string of the molecule is C[C@@H](Cc1cnccn1)NC(=O)Nc1cccc(N2CCN(C)C2=O)c1. The minimum Gasteiger partial charge on any atom is -0.335 e. The van der Waals surface area contributed by atoms with Crippen molar-refractivity contribution < 1.29 is 9.59 Å². The Morgan fingerprint density at radius 2 is 2.15 bits per heavy atom. The second kappa shape index (κ2) is 7.81. The monoisotopic (exact) mass is 354 g/mol. The Labute approximate surface area is 152 Å². The van der Waals surface area contributed by atoms with Gasteiger partial charge in [0.25, 0.3) is 0 Å². The van der Waals surface area contributed by atoms with E-state index in [-0.39, 0.29) is 18.1 Å². The van der Waals surface area contributed by atoms with E-state index < -0.39 is 0 Å². The van der Waals surface area contributed by atoms with Gasteiger partial charge in [-0.15, -0.1) is 0 Å². The van der Waals surface area contributed by atoms with Crippen molar-refractivity contribution in [1.82, 2.24) is 20.2 Å². The van der Waals surface area contributed by atoms with Gasteiger partial charge < -0.3 is 15.5 Å². The predicted octanol–water partition coefficient (Wildman–Crippen LogP) is 2.10. The lowest BCUT2D eigenvalue weighted by Crippen LogP contribution is -2.37. The maximum Gasteiger partial charge on any atom is 0.324 e. The summed E-state index contributed by atoms with van der Waals surface area (Å²) in [5.74, 6) is 0. The lowest BCUT2D eigenvalue weighted by Gasteiger charge is -2.18. The summed E-state index contributed by atoms with van der Waals surface area (Å²) < 4.78 is 0. The molecule has 8 nitrogen and oxygen atoms in total. The fourth-order valence-electron chi connectivity index (χ4n) is 2.83. The number of aromatic nitrogens is 2. The van der Waals surface area contributed by atoms with Crippen LogP contribution in [0.4, 0.5) is 21.0 Å². The van der Waals surface area contributed by atoms with Crippen LogP contribution < -0.4 is 15.5 Å². The number of anilines is 2. The second-order valence-electron chi connectivity index (χ2n) is 6.31. The largest absolute Gasteiger partial charge is 0.335 e. The minimum atomic E-state index is -0.302. The van der Waals surface area contributed by atoms with Crippen LogP contribution in [-0.4, -0.2) is 53.1 Å². The Morgan fingerprint density at radius 1 is 1.31 bits per heavy atom. The molecule has 0 unspecified atom stereocenters. The molecule has 8 heteroatoms. The van der Waals surface area contributed by atoms with E-state index in [1.807, 2.05) is 19.1 Å². The number of carbonyl (C=O) groups excluding carboxylic acids is 2. The van der Waals surface area contributed by atoms with E-state index in [1.165, 1.54) is 0 Å². The third kappa shape index (κ3) is 4.27. The number of nitrogens with one attached hydrogen (secondary N) is 2. The molecular formula is C18H22N6O2. The zero-order chi connectivity index (χ0) is 18.5. The van der Waals surface area contributed by atoms with Gasteiger partial charge in [0, 0.05) is 62.6 Å². The lowest BCUT2D eigenvalue weighted by molar-refractivity contribution is 0.229. The number of rotatable bonds is 5. The molecule has 0 saturated carbocycles. The van der Waals surface area contributed by atoms with E-state index in [4.69, 9.17) is 0 Å². The van der Waals surface area contributed by atoms with Gasteiger partial charge in [-0.05, 0) is 25.1 Å². The second-order valence-corrected chi connectivity index (χ2v) is 6.31. The van der Waals surface area contributed by atoms with Crippen LogP contribution >= 0.6 is 0 Å². The number of benzene rings is 1. The van der Waals surface area contributed by atoms with E-state index >= 15 is 0 Å². The van der Waals surface area contributed by atoms with Gasteiger partial charge in [-0.2, -0.15) is 0 Å². The third-order valence-electron chi connectivity index (χ3n) is 4.14. The van der Waals surface area contributed by atoms with Gasteiger partial charge in [-0.25, -0.2) is 9.59 Å². The number of hydrogen-bond acceptors (Lipinski definition) is 4. The molecule has 2 N–H and O–H groups in total. The fraction of sp³-hybridized carbons (Fsp3) is 0.333. The molecule has 2 heterocycles. The van der Waals surface area contributed by atoms with Crippen molar-refractivity contribution in [1.29, 1.82) is 0 Å². The Kier molecular flexibility index (Phi) is 5.31. The number of likely N-dealkylation sites (N-methyl/N-ethyl adjacent to an activating group) is 1. The number of hydrogen-bond donors (Lipinski definition) is 2. The highest BCUT2D eigenvalue weighted by Gasteiger charge is 2.26. The summed E-state index contributed by atoms with van der Waals surface area (Å²) in [7, 11) is 1.77. The molecular weight excluding hydrogens is 332 g/mol. The molecule has 1 saturated heterocycles. The Morgan fingerprint density at radius 3 is 2.85 bits per heavy atom. The van der Waals surface area contributed by atoms with E-state index in [9.17, 15) is 9.59 Å². The minimum absolute atomic E-state index is 0.0378. The zero-order valence-corrected chi connectivity index (χ0v) is 14.8. The highest BCUT2D eigenvalue weighted by molar-refractivity contribution is 5.95. The summed E-state index contributed by atoms with van der Waals surface area (Å²) in [4.78, 5) is 35.9. The standard InChI is InChI=1S/C18H22N6O2/c1-13(10-15-12-19-6-7-20-15)21-17(25)22-14-4-3-5-16(11-14)24-9-8-23(2)18(24)26/h3-7,11-13H,8-10H2,1-2H3,(H2,21,22,25)/t13-/m0/s1. The van der Waals surface area contributed by atoms with E-state index in [1.54, 1.807) is 47.6 Å². The van der Waals surface area contributed by atoms with E-state index in [2.05, 4.69) is 20.6 Å². The Bertz CT molecular complexity index is 782. The molecule has 0 bridgehead atoms.